The summed E-state index contributed by atoms with van der Waals surface area (Å²) in [5.41, 5.74) is 0.851. The van der Waals surface area contributed by atoms with Gasteiger partial charge >= 0.3 is 12.1 Å². The van der Waals surface area contributed by atoms with E-state index in [0.29, 0.717) is 5.56 Å². The third-order valence-corrected chi connectivity index (χ3v) is 2.86. The topological polar surface area (TPSA) is 75.6 Å². The molecule has 0 fully saturated rings. The molecule has 0 spiro atoms. The van der Waals surface area contributed by atoms with Crippen LogP contribution < -0.4 is 5.32 Å². The van der Waals surface area contributed by atoms with E-state index in [0.717, 1.165) is 5.56 Å². The maximum atomic E-state index is 12.8. The minimum absolute atomic E-state index is 0.0239. The van der Waals surface area contributed by atoms with Crippen LogP contribution in [0, 0.1) is 5.82 Å². The predicted octanol–water partition coefficient (Wildman–Crippen LogP) is 3.18. The minimum atomic E-state index is -1.33. The number of carbonyl (C=O) groups excluding carboxylic acids is 1. The van der Waals surface area contributed by atoms with Crippen molar-refractivity contribution < 1.29 is 23.8 Å². The Kier molecular flexibility index (Phi) is 5.46. The maximum Gasteiger partial charge on any atom is 0.412 e. The molecular formula is C17H14FNO4. The summed E-state index contributed by atoms with van der Waals surface area (Å²) in [6.45, 7) is 0.0239. The van der Waals surface area contributed by atoms with Gasteiger partial charge in [0.25, 0.3) is 0 Å². The molecule has 0 bridgehead atoms. The van der Waals surface area contributed by atoms with Crippen LogP contribution in [0.2, 0.25) is 0 Å². The van der Waals surface area contributed by atoms with Gasteiger partial charge in [-0.2, -0.15) is 0 Å². The van der Waals surface area contributed by atoms with Crippen molar-refractivity contribution in [3.8, 4) is 0 Å². The Hall–Kier alpha value is -3.15. The lowest BCUT2D eigenvalue weighted by molar-refractivity contribution is -0.132. The second-order valence-corrected chi connectivity index (χ2v) is 4.60. The lowest BCUT2D eigenvalue weighted by Crippen LogP contribution is -2.27. The van der Waals surface area contributed by atoms with E-state index in [2.05, 4.69) is 5.32 Å². The second-order valence-electron chi connectivity index (χ2n) is 4.60. The summed E-state index contributed by atoms with van der Waals surface area (Å²) in [6, 6.07) is 14.2. The highest BCUT2D eigenvalue weighted by Crippen LogP contribution is 2.08. The van der Waals surface area contributed by atoms with E-state index in [1.165, 1.54) is 30.3 Å². The highest BCUT2D eigenvalue weighted by Gasteiger charge is 2.12. The van der Waals surface area contributed by atoms with Gasteiger partial charge in [0.2, 0.25) is 0 Å². The van der Waals surface area contributed by atoms with Gasteiger partial charge < -0.3 is 9.84 Å². The van der Waals surface area contributed by atoms with Crippen molar-refractivity contribution >= 4 is 18.1 Å². The molecule has 0 atom stereocenters. The van der Waals surface area contributed by atoms with Crippen LogP contribution in [-0.2, 0) is 16.1 Å². The molecule has 2 aromatic carbocycles. The van der Waals surface area contributed by atoms with Crippen molar-refractivity contribution in [3.63, 3.8) is 0 Å². The molecule has 0 aromatic heterocycles. The fourth-order valence-electron chi connectivity index (χ4n) is 1.75. The third-order valence-electron chi connectivity index (χ3n) is 2.86. The van der Waals surface area contributed by atoms with Crippen molar-refractivity contribution in [2.75, 3.05) is 0 Å². The minimum Gasteiger partial charge on any atom is -0.477 e. The number of nitrogens with one attached hydrogen (secondary N) is 1. The number of rotatable bonds is 5. The molecule has 5 nitrogen and oxygen atoms in total. The van der Waals surface area contributed by atoms with Crippen LogP contribution in [0.1, 0.15) is 11.1 Å². The van der Waals surface area contributed by atoms with Crippen LogP contribution in [0.15, 0.2) is 60.3 Å². The van der Waals surface area contributed by atoms with Crippen LogP contribution in [0.25, 0.3) is 6.08 Å². The highest BCUT2D eigenvalue weighted by molar-refractivity contribution is 5.95. The molecule has 0 aliphatic carbocycles. The normalized spacial score (nSPS) is 10.9. The molecule has 2 rings (SSSR count). The van der Waals surface area contributed by atoms with Gasteiger partial charge in [-0.05, 0) is 29.3 Å². The number of carboxylic acids is 1. The lowest BCUT2D eigenvalue weighted by atomic mass is 10.2. The molecule has 2 aromatic rings. The van der Waals surface area contributed by atoms with Gasteiger partial charge in [0, 0.05) is 0 Å². The van der Waals surface area contributed by atoms with Gasteiger partial charge in [-0.15, -0.1) is 0 Å². The standard InChI is InChI=1S/C17H14FNO4/c18-14-8-6-12(7-9-14)10-15(16(20)21)19-17(22)23-11-13-4-2-1-3-5-13/h1-10H,11H2,(H,19,22)(H,20,21). The zero-order valence-corrected chi connectivity index (χ0v) is 12.0. The third kappa shape index (κ3) is 5.28. The van der Waals surface area contributed by atoms with Crippen LogP contribution in [0.5, 0.6) is 0 Å². The van der Waals surface area contributed by atoms with Crippen molar-refractivity contribution in [2.24, 2.45) is 0 Å². The van der Waals surface area contributed by atoms with Crippen molar-refractivity contribution in [2.45, 2.75) is 6.61 Å². The lowest BCUT2D eigenvalue weighted by Gasteiger charge is -2.08. The summed E-state index contributed by atoms with van der Waals surface area (Å²) >= 11 is 0. The Bertz CT molecular complexity index is 711. The molecule has 0 unspecified atom stereocenters. The molecule has 2 N–H and O–H groups in total. The van der Waals surface area contributed by atoms with E-state index in [4.69, 9.17) is 9.84 Å². The number of alkyl carbamates (subject to hydrolysis) is 1. The highest BCUT2D eigenvalue weighted by atomic mass is 19.1. The number of carbonyl (C=O) groups is 2. The first kappa shape index (κ1) is 16.2. The van der Waals surface area contributed by atoms with Gasteiger partial charge in [0.1, 0.15) is 18.1 Å². The number of carboxylic acid groups (broad SMARTS) is 1. The molecule has 0 saturated heterocycles. The van der Waals surface area contributed by atoms with Crippen LogP contribution in [0.3, 0.4) is 0 Å². The summed E-state index contributed by atoms with van der Waals surface area (Å²) in [5, 5.41) is 11.3. The molecule has 23 heavy (non-hydrogen) atoms. The first-order chi connectivity index (χ1) is 11.0. The van der Waals surface area contributed by atoms with Gasteiger partial charge in [-0.25, -0.2) is 14.0 Å². The number of amides is 1. The number of hydrogen-bond acceptors (Lipinski definition) is 3. The fourth-order valence-corrected chi connectivity index (χ4v) is 1.75. The summed E-state index contributed by atoms with van der Waals surface area (Å²) in [6.07, 6.45) is 0.329. The molecule has 1 amide bonds. The Morgan fingerprint density at radius 1 is 1.09 bits per heavy atom. The van der Waals surface area contributed by atoms with Gasteiger partial charge in [-0.3, -0.25) is 5.32 Å². The first-order valence-electron chi connectivity index (χ1n) is 6.73. The molecule has 0 saturated carbocycles. The van der Waals surface area contributed by atoms with Crippen LogP contribution in [-0.4, -0.2) is 17.2 Å². The van der Waals surface area contributed by atoms with Gasteiger partial charge in [0.05, 0.1) is 0 Å². The average molecular weight is 315 g/mol. The van der Waals surface area contributed by atoms with Gasteiger partial charge in [0.15, 0.2) is 0 Å². The summed E-state index contributed by atoms with van der Waals surface area (Å²) < 4.78 is 17.8. The quantitative estimate of drug-likeness (QED) is 0.831. The fraction of sp³-hybridized carbons (Fsp3) is 0.0588. The van der Waals surface area contributed by atoms with E-state index in [-0.39, 0.29) is 12.3 Å². The van der Waals surface area contributed by atoms with Gasteiger partial charge in [-0.1, -0.05) is 42.5 Å². The van der Waals surface area contributed by atoms with E-state index < -0.39 is 17.9 Å². The smallest absolute Gasteiger partial charge is 0.412 e. The number of ether oxygens (including phenoxy) is 1. The van der Waals surface area contributed by atoms with Crippen molar-refractivity contribution in [3.05, 3.63) is 77.2 Å². The number of hydrogen-bond donors (Lipinski definition) is 2. The summed E-state index contributed by atoms with van der Waals surface area (Å²) in [7, 11) is 0. The SMILES string of the molecule is O=C(NC(=Cc1ccc(F)cc1)C(=O)O)OCc1ccccc1. The largest absolute Gasteiger partial charge is 0.477 e. The maximum absolute atomic E-state index is 12.8. The molecule has 6 heteroatoms. The van der Waals surface area contributed by atoms with E-state index in [1.54, 1.807) is 24.3 Å². The first-order valence-corrected chi connectivity index (χ1v) is 6.73. The number of benzene rings is 2. The van der Waals surface area contributed by atoms with E-state index >= 15 is 0 Å². The Morgan fingerprint density at radius 2 is 1.74 bits per heavy atom. The van der Waals surface area contributed by atoms with Crippen LogP contribution in [0.4, 0.5) is 9.18 Å². The second kappa shape index (κ2) is 7.74. The predicted molar refractivity (Wildman–Crippen MR) is 81.8 cm³/mol. The van der Waals surface area contributed by atoms with E-state index in [1.807, 2.05) is 6.07 Å². The van der Waals surface area contributed by atoms with Crippen molar-refractivity contribution in [1.29, 1.82) is 0 Å². The zero-order chi connectivity index (χ0) is 16.7. The van der Waals surface area contributed by atoms with Crippen molar-refractivity contribution in [1.82, 2.24) is 5.32 Å². The van der Waals surface area contributed by atoms with Crippen LogP contribution >= 0.6 is 0 Å². The summed E-state index contributed by atoms with van der Waals surface area (Å²) in [5.74, 6) is -1.76. The Morgan fingerprint density at radius 3 is 2.35 bits per heavy atom. The molecule has 0 aliphatic rings. The monoisotopic (exact) mass is 315 g/mol. The average Bonchev–Trinajstić information content (AvgIpc) is 2.55. The zero-order valence-electron chi connectivity index (χ0n) is 12.0. The molecule has 0 radical (unpaired) electrons. The summed E-state index contributed by atoms with van der Waals surface area (Å²) in [4.78, 5) is 22.8. The van der Waals surface area contributed by atoms with E-state index in [9.17, 15) is 14.0 Å². The molecule has 0 aliphatic heterocycles. The number of halogens is 1. The number of aliphatic carboxylic acids is 1. The Labute approximate surface area is 132 Å². The molecule has 0 heterocycles. The Balaban J connectivity index is 2.00. The molecule has 118 valence electrons. The molecular weight excluding hydrogens is 301 g/mol.